The molecule has 0 spiro atoms. The van der Waals surface area contributed by atoms with Gasteiger partial charge in [0.25, 0.3) is 11.8 Å². The first-order valence-electron chi connectivity index (χ1n) is 8.62. The average Bonchev–Trinajstić information content (AvgIpc) is 2.67. The van der Waals surface area contributed by atoms with Gasteiger partial charge in [0.05, 0.1) is 0 Å². The highest BCUT2D eigenvalue weighted by Crippen LogP contribution is 2.21. The minimum atomic E-state index is -0.576. The molecule has 0 atom stereocenters. The number of nitrogens with one attached hydrogen (secondary N) is 2. The normalized spacial score (nSPS) is 10.3. The Labute approximate surface area is 165 Å². The Balaban J connectivity index is 1.87. The van der Waals surface area contributed by atoms with Crippen molar-refractivity contribution in [1.82, 2.24) is 0 Å². The number of carbonyl (C=O) groups excluding carboxylic acids is 3. The molecule has 5 nitrogen and oxygen atoms in total. The lowest BCUT2D eigenvalue weighted by molar-refractivity contribution is 0.100. The number of anilines is 2. The van der Waals surface area contributed by atoms with E-state index in [1.807, 2.05) is 0 Å². The van der Waals surface area contributed by atoms with Gasteiger partial charge < -0.3 is 10.6 Å². The Morgan fingerprint density at radius 2 is 1.10 bits per heavy atom. The number of hydrogen-bond donors (Lipinski definition) is 2. The molecular formula is C22H16F2N2O3. The highest BCUT2D eigenvalue weighted by atomic mass is 19.1. The maximum absolute atomic E-state index is 13.3. The molecule has 3 aromatic carbocycles. The first-order chi connectivity index (χ1) is 13.8. The van der Waals surface area contributed by atoms with Crippen LogP contribution in [0.2, 0.25) is 0 Å². The first-order valence-corrected chi connectivity index (χ1v) is 8.62. The van der Waals surface area contributed by atoms with Crippen LogP contribution in [0.4, 0.5) is 20.2 Å². The van der Waals surface area contributed by atoms with Crippen LogP contribution in [0.5, 0.6) is 0 Å². The van der Waals surface area contributed by atoms with Crippen molar-refractivity contribution in [2.45, 2.75) is 6.92 Å². The van der Waals surface area contributed by atoms with Crippen molar-refractivity contribution in [3.05, 3.63) is 95.1 Å². The highest BCUT2D eigenvalue weighted by Gasteiger charge is 2.13. The van der Waals surface area contributed by atoms with Crippen LogP contribution in [-0.2, 0) is 0 Å². The number of benzene rings is 3. The molecule has 2 N–H and O–H groups in total. The van der Waals surface area contributed by atoms with Crippen molar-refractivity contribution < 1.29 is 23.2 Å². The molecule has 0 saturated heterocycles. The third-order valence-electron chi connectivity index (χ3n) is 4.03. The van der Waals surface area contributed by atoms with Gasteiger partial charge in [0.1, 0.15) is 11.6 Å². The summed E-state index contributed by atoms with van der Waals surface area (Å²) in [6, 6.07) is 14.6. The van der Waals surface area contributed by atoms with E-state index in [0.717, 1.165) is 12.1 Å². The van der Waals surface area contributed by atoms with Crippen LogP contribution in [0.1, 0.15) is 38.0 Å². The molecule has 146 valence electrons. The van der Waals surface area contributed by atoms with E-state index in [1.54, 1.807) is 0 Å². The van der Waals surface area contributed by atoms with Crippen molar-refractivity contribution >= 4 is 29.0 Å². The molecule has 7 heteroatoms. The second-order valence-corrected chi connectivity index (χ2v) is 6.28. The molecule has 0 radical (unpaired) electrons. The Hall–Kier alpha value is -3.87. The zero-order valence-electron chi connectivity index (χ0n) is 15.3. The summed E-state index contributed by atoms with van der Waals surface area (Å²) < 4.78 is 26.7. The summed E-state index contributed by atoms with van der Waals surface area (Å²) in [7, 11) is 0. The molecule has 3 rings (SSSR count). The molecule has 0 unspecified atom stereocenters. The molecule has 0 fully saturated rings. The van der Waals surface area contributed by atoms with E-state index >= 15 is 0 Å². The van der Waals surface area contributed by atoms with Crippen LogP contribution >= 0.6 is 0 Å². The fourth-order valence-electron chi connectivity index (χ4n) is 2.64. The predicted octanol–water partition coefficient (Wildman–Crippen LogP) is 4.67. The first kappa shape index (κ1) is 19.9. The Morgan fingerprint density at radius 3 is 1.48 bits per heavy atom. The number of hydrogen-bond acceptors (Lipinski definition) is 3. The molecule has 0 aliphatic rings. The highest BCUT2D eigenvalue weighted by molar-refractivity contribution is 6.08. The Bertz CT molecular complexity index is 1030. The third-order valence-corrected chi connectivity index (χ3v) is 4.03. The summed E-state index contributed by atoms with van der Waals surface area (Å²) in [5.74, 6) is -2.55. The van der Waals surface area contributed by atoms with E-state index in [9.17, 15) is 23.2 Å². The Morgan fingerprint density at radius 1 is 0.655 bits per heavy atom. The maximum Gasteiger partial charge on any atom is 0.255 e. The monoisotopic (exact) mass is 394 g/mol. The number of rotatable bonds is 5. The van der Waals surface area contributed by atoms with Gasteiger partial charge in [0, 0.05) is 28.1 Å². The van der Waals surface area contributed by atoms with Crippen LogP contribution in [0.25, 0.3) is 0 Å². The summed E-state index contributed by atoms with van der Waals surface area (Å²) in [6.45, 7) is 1.34. The maximum atomic E-state index is 13.3. The van der Waals surface area contributed by atoms with Gasteiger partial charge in [0.2, 0.25) is 0 Å². The fourth-order valence-corrected chi connectivity index (χ4v) is 2.64. The average molecular weight is 394 g/mol. The van der Waals surface area contributed by atoms with Gasteiger partial charge >= 0.3 is 0 Å². The number of Topliss-reactive ketones (excluding diaryl/α,β-unsaturated/α-hetero) is 1. The second-order valence-electron chi connectivity index (χ2n) is 6.28. The number of ketones is 1. The molecule has 0 saturated carbocycles. The zero-order valence-corrected chi connectivity index (χ0v) is 15.3. The summed E-state index contributed by atoms with van der Waals surface area (Å²) in [5, 5.41) is 5.15. The lowest BCUT2D eigenvalue weighted by Gasteiger charge is -2.11. The quantitative estimate of drug-likeness (QED) is 0.618. The number of halogens is 2. The van der Waals surface area contributed by atoms with Crippen molar-refractivity contribution in [1.29, 1.82) is 0 Å². The van der Waals surface area contributed by atoms with E-state index in [2.05, 4.69) is 10.6 Å². The van der Waals surface area contributed by atoms with Crippen LogP contribution in [0.15, 0.2) is 66.7 Å². The zero-order chi connectivity index (χ0) is 21.0. The van der Waals surface area contributed by atoms with Crippen LogP contribution < -0.4 is 10.6 Å². The number of carbonyl (C=O) groups is 3. The molecule has 0 heterocycles. The van der Waals surface area contributed by atoms with Crippen molar-refractivity contribution in [3.8, 4) is 0 Å². The van der Waals surface area contributed by atoms with E-state index in [0.29, 0.717) is 0 Å². The second kappa shape index (κ2) is 8.43. The summed E-state index contributed by atoms with van der Waals surface area (Å²) in [5.41, 5.74) is 0.923. The lowest BCUT2D eigenvalue weighted by atomic mass is 10.1. The van der Waals surface area contributed by atoms with E-state index in [4.69, 9.17) is 0 Å². The molecule has 2 amide bonds. The van der Waals surface area contributed by atoms with E-state index < -0.39 is 23.4 Å². The smallest absolute Gasteiger partial charge is 0.255 e. The van der Waals surface area contributed by atoms with Crippen molar-refractivity contribution in [3.63, 3.8) is 0 Å². The summed E-state index contributed by atoms with van der Waals surface area (Å²) >= 11 is 0. The van der Waals surface area contributed by atoms with Gasteiger partial charge in [-0.1, -0.05) is 12.1 Å². The van der Waals surface area contributed by atoms with Gasteiger partial charge in [-0.15, -0.1) is 0 Å². The molecule has 0 bridgehead atoms. The molecule has 29 heavy (non-hydrogen) atoms. The van der Waals surface area contributed by atoms with Crippen molar-refractivity contribution in [2.24, 2.45) is 0 Å². The van der Waals surface area contributed by atoms with Gasteiger partial charge in [-0.2, -0.15) is 0 Å². The topological polar surface area (TPSA) is 75.3 Å². The lowest BCUT2D eigenvalue weighted by Crippen LogP contribution is -2.15. The van der Waals surface area contributed by atoms with Gasteiger partial charge in [-0.25, -0.2) is 8.78 Å². The largest absolute Gasteiger partial charge is 0.322 e. The Kier molecular flexibility index (Phi) is 5.78. The third kappa shape index (κ3) is 5.10. The van der Waals surface area contributed by atoms with E-state index in [-0.39, 0.29) is 33.8 Å². The predicted molar refractivity (Wildman–Crippen MR) is 105 cm³/mol. The SMILES string of the molecule is CC(=O)c1cc(NC(=O)c2cccc(F)c2)cc(NC(=O)c2cccc(F)c2)c1. The molecule has 0 aliphatic carbocycles. The molecule has 3 aromatic rings. The minimum Gasteiger partial charge on any atom is -0.322 e. The molecule has 0 aromatic heterocycles. The number of amides is 2. The molecule has 0 aliphatic heterocycles. The summed E-state index contributed by atoms with van der Waals surface area (Å²) in [6.07, 6.45) is 0. The van der Waals surface area contributed by atoms with Crippen LogP contribution in [0.3, 0.4) is 0 Å². The van der Waals surface area contributed by atoms with E-state index in [1.165, 1.54) is 61.5 Å². The van der Waals surface area contributed by atoms with Crippen LogP contribution in [-0.4, -0.2) is 17.6 Å². The van der Waals surface area contributed by atoms with Crippen molar-refractivity contribution in [2.75, 3.05) is 10.6 Å². The van der Waals surface area contributed by atoms with Gasteiger partial charge in [-0.3, -0.25) is 14.4 Å². The van der Waals surface area contributed by atoms with Crippen LogP contribution in [0, 0.1) is 11.6 Å². The fraction of sp³-hybridized carbons (Fsp3) is 0.0455. The minimum absolute atomic E-state index is 0.101. The van der Waals surface area contributed by atoms with Gasteiger partial charge in [-0.05, 0) is 61.5 Å². The standard InChI is InChI=1S/C22H16F2N2O3/c1-13(27)16-10-19(25-21(28)14-4-2-6-17(23)8-14)12-20(11-16)26-22(29)15-5-3-7-18(24)9-15/h2-12H,1H3,(H,25,28)(H,26,29). The molecular weight excluding hydrogens is 378 g/mol. The summed E-state index contributed by atoms with van der Waals surface area (Å²) in [4.78, 5) is 36.5. The van der Waals surface area contributed by atoms with Gasteiger partial charge in [0.15, 0.2) is 5.78 Å².